The molecule has 0 saturated heterocycles. The van der Waals surface area contributed by atoms with Crippen LogP contribution in [0.1, 0.15) is 5.56 Å². The minimum atomic E-state index is -0.405. The predicted molar refractivity (Wildman–Crippen MR) is 78.2 cm³/mol. The summed E-state index contributed by atoms with van der Waals surface area (Å²) in [6.07, 6.45) is 0. The Morgan fingerprint density at radius 2 is 1.70 bits per heavy atom. The zero-order chi connectivity index (χ0) is 14.4. The highest BCUT2D eigenvalue weighted by atomic mass is 19.1. The first-order valence-electron chi connectivity index (χ1n) is 6.24. The number of benzene rings is 2. The van der Waals surface area contributed by atoms with Gasteiger partial charge in [-0.2, -0.15) is 0 Å². The van der Waals surface area contributed by atoms with E-state index in [1.165, 1.54) is 12.1 Å². The van der Waals surface area contributed by atoms with Crippen molar-refractivity contribution in [1.29, 1.82) is 0 Å². The topological polar surface area (TPSA) is 53.2 Å². The van der Waals surface area contributed by atoms with Gasteiger partial charge < -0.3 is 16.0 Å². The van der Waals surface area contributed by atoms with Crippen molar-refractivity contribution in [3.8, 4) is 0 Å². The minimum Gasteiger partial charge on any atom is -0.316 e. The first-order valence-corrected chi connectivity index (χ1v) is 6.24. The molecule has 2 rings (SSSR count). The molecule has 0 spiro atoms. The largest absolute Gasteiger partial charge is 0.323 e. The van der Waals surface area contributed by atoms with Crippen LogP contribution in [0.4, 0.5) is 20.6 Å². The van der Waals surface area contributed by atoms with Crippen molar-refractivity contribution in [1.82, 2.24) is 5.32 Å². The molecular formula is C15H16FN3O. The fourth-order valence-electron chi connectivity index (χ4n) is 1.82. The van der Waals surface area contributed by atoms with Gasteiger partial charge in [-0.25, -0.2) is 9.18 Å². The Hall–Kier alpha value is -2.40. The lowest BCUT2D eigenvalue weighted by Gasteiger charge is -2.09. The molecule has 0 aliphatic heterocycles. The van der Waals surface area contributed by atoms with Crippen molar-refractivity contribution in [2.75, 3.05) is 17.7 Å². The highest BCUT2D eigenvalue weighted by molar-refractivity contribution is 5.99. The Balaban J connectivity index is 1.99. The van der Waals surface area contributed by atoms with Crippen LogP contribution in [-0.2, 0) is 6.54 Å². The summed E-state index contributed by atoms with van der Waals surface area (Å²) in [7, 11) is 1.86. The summed E-state index contributed by atoms with van der Waals surface area (Å²) < 4.78 is 13.0. The molecule has 0 saturated carbocycles. The van der Waals surface area contributed by atoms with Crippen molar-refractivity contribution in [3.63, 3.8) is 0 Å². The molecule has 20 heavy (non-hydrogen) atoms. The molecule has 2 aromatic carbocycles. The first-order chi connectivity index (χ1) is 9.67. The quantitative estimate of drug-likeness (QED) is 0.801. The SMILES string of the molecule is CNCc1cccc(NC(=O)Nc2cccc(F)c2)c1. The van der Waals surface area contributed by atoms with E-state index in [0.29, 0.717) is 11.4 Å². The van der Waals surface area contributed by atoms with Gasteiger partial charge in [-0.05, 0) is 42.9 Å². The molecule has 3 N–H and O–H groups in total. The molecule has 104 valence electrons. The molecule has 5 heteroatoms. The highest BCUT2D eigenvalue weighted by Gasteiger charge is 2.03. The Labute approximate surface area is 117 Å². The van der Waals surface area contributed by atoms with E-state index >= 15 is 0 Å². The molecular weight excluding hydrogens is 257 g/mol. The number of carbonyl (C=O) groups excluding carboxylic acids is 1. The lowest BCUT2D eigenvalue weighted by molar-refractivity contribution is 0.262. The third-order valence-electron chi connectivity index (χ3n) is 2.65. The van der Waals surface area contributed by atoms with E-state index in [9.17, 15) is 9.18 Å². The number of nitrogens with one attached hydrogen (secondary N) is 3. The van der Waals surface area contributed by atoms with Gasteiger partial charge in [0.05, 0.1) is 0 Å². The molecule has 0 aliphatic rings. The summed E-state index contributed by atoms with van der Waals surface area (Å²) in [5.74, 6) is -0.390. The summed E-state index contributed by atoms with van der Waals surface area (Å²) in [6.45, 7) is 0.723. The summed E-state index contributed by atoms with van der Waals surface area (Å²) >= 11 is 0. The van der Waals surface area contributed by atoms with Crippen LogP contribution in [0.15, 0.2) is 48.5 Å². The van der Waals surface area contributed by atoms with E-state index in [4.69, 9.17) is 0 Å². The summed E-state index contributed by atoms with van der Waals surface area (Å²) in [5.41, 5.74) is 2.16. The van der Waals surface area contributed by atoms with E-state index in [2.05, 4.69) is 16.0 Å². The standard InChI is InChI=1S/C15H16FN3O/c1-17-10-11-4-2-6-13(8-11)18-15(20)19-14-7-3-5-12(16)9-14/h2-9,17H,10H2,1H3,(H2,18,19,20). The van der Waals surface area contributed by atoms with Crippen molar-refractivity contribution in [2.45, 2.75) is 6.54 Å². The van der Waals surface area contributed by atoms with Crippen LogP contribution in [0.3, 0.4) is 0 Å². The van der Waals surface area contributed by atoms with Gasteiger partial charge in [0.2, 0.25) is 0 Å². The van der Waals surface area contributed by atoms with Gasteiger partial charge >= 0.3 is 6.03 Å². The number of amides is 2. The number of urea groups is 1. The number of halogens is 1. The molecule has 0 radical (unpaired) electrons. The Kier molecular flexibility index (Phi) is 4.68. The maximum atomic E-state index is 13.0. The zero-order valence-electron chi connectivity index (χ0n) is 11.1. The summed E-state index contributed by atoms with van der Waals surface area (Å²) in [5, 5.41) is 8.33. The molecule has 0 unspecified atom stereocenters. The number of rotatable bonds is 4. The molecule has 0 heterocycles. The second kappa shape index (κ2) is 6.68. The third kappa shape index (κ3) is 4.07. The Bertz CT molecular complexity index is 601. The van der Waals surface area contributed by atoms with Crippen LogP contribution >= 0.6 is 0 Å². The van der Waals surface area contributed by atoms with Crippen LogP contribution in [0.2, 0.25) is 0 Å². The monoisotopic (exact) mass is 273 g/mol. The van der Waals surface area contributed by atoms with Gasteiger partial charge in [0, 0.05) is 17.9 Å². The van der Waals surface area contributed by atoms with Crippen LogP contribution in [0.5, 0.6) is 0 Å². The van der Waals surface area contributed by atoms with Gasteiger partial charge in [-0.3, -0.25) is 0 Å². The van der Waals surface area contributed by atoms with Crippen LogP contribution in [0.25, 0.3) is 0 Å². The van der Waals surface area contributed by atoms with Gasteiger partial charge in [0.15, 0.2) is 0 Å². The maximum Gasteiger partial charge on any atom is 0.323 e. The molecule has 2 amide bonds. The van der Waals surface area contributed by atoms with E-state index in [1.807, 2.05) is 25.2 Å². The smallest absolute Gasteiger partial charge is 0.316 e. The number of hydrogen-bond donors (Lipinski definition) is 3. The van der Waals surface area contributed by atoms with Crippen LogP contribution < -0.4 is 16.0 Å². The zero-order valence-corrected chi connectivity index (χ0v) is 11.1. The summed E-state index contributed by atoms with van der Waals surface area (Å²) in [4.78, 5) is 11.8. The van der Waals surface area contributed by atoms with Gasteiger partial charge in [0.25, 0.3) is 0 Å². The van der Waals surface area contributed by atoms with Crippen molar-refractivity contribution in [3.05, 3.63) is 59.9 Å². The second-order valence-corrected chi connectivity index (χ2v) is 4.32. The number of hydrogen-bond acceptors (Lipinski definition) is 2. The third-order valence-corrected chi connectivity index (χ3v) is 2.65. The average molecular weight is 273 g/mol. The van der Waals surface area contributed by atoms with Gasteiger partial charge in [0.1, 0.15) is 5.82 Å². The van der Waals surface area contributed by atoms with Gasteiger partial charge in [-0.1, -0.05) is 18.2 Å². The molecule has 0 aromatic heterocycles. The lowest BCUT2D eigenvalue weighted by Crippen LogP contribution is -2.19. The van der Waals surface area contributed by atoms with Crippen molar-refractivity contribution >= 4 is 17.4 Å². The molecule has 0 aliphatic carbocycles. The number of anilines is 2. The fraction of sp³-hybridized carbons (Fsp3) is 0.133. The summed E-state index contributed by atoms with van der Waals surface area (Å²) in [6, 6.07) is 12.8. The van der Waals surface area contributed by atoms with Gasteiger partial charge in [-0.15, -0.1) is 0 Å². The molecule has 2 aromatic rings. The van der Waals surface area contributed by atoms with E-state index in [0.717, 1.165) is 12.1 Å². The average Bonchev–Trinajstić information content (AvgIpc) is 2.39. The van der Waals surface area contributed by atoms with Crippen LogP contribution in [-0.4, -0.2) is 13.1 Å². The number of carbonyl (C=O) groups is 1. The molecule has 0 fully saturated rings. The minimum absolute atomic E-state index is 0.390. The van der Waals surface area contributed by atoms with E-state index in [-0.39, 0.29) is 5.82 Å². The van der Waals surface area contributed by atoms with Crippen molar-refractivity contribution < 1.29 is 9.18 Å². The molecule has 4 nitrogen and oxygen atoms in total. The van der Waals surface area contributed by atoms with E-state index < -0.39 is 6.03 Å². The Morgan fingerprint density at radius 1 is 1.05 bits per heavy atom. The first kappa shape index (κ1) is 14.0. The van der Waals surface area contributed by atoms with E-state index in [1.54, 1.807) is 18.2 Å². The van der Waals surface area contributed by atoms with Crippen molar-refractivity contribution in [2.24, 2.45) is 0 Å². The maximum absolute atomic E-state index is 13.0. The fourth-order valence-corrected chi connectivity index (χ4v) is 1.82. The molecule has 0 atom stereocenters. The predicted octanol–water partition coefficient (Wildman–Crippen LogP) is 3.19. The molecule has 0 bridgehead atoms. The van der Waals surface area contributed by atoms with Crippen LogP contribution in [0, 0.1) is 5.82 Å². The normalized spacial score (nSPS) is 10.1. The Morgan fingerprint density at radius 3 is 2.35 bits per heavy atom. The highest BCUT2D eigenvalue weighted by Crippen LogP contribution is 2.13. The lowest BCUT2D eigenvalue weighted by atomic mass is 10.2. The second-order valence-electron chi connectivity index (χ2n) is 4.32.